The van der Waals surface area contributed by atoms with Gasteiger partial charge in [-0.2, -0.15) is 0 Å². The molecule has 78 valence electrons. The van der Waals surface area contributed by atoms with Crippen LogP contribution in [0.5, 0.6) is 11.6 Å². The van der Waals surface area contributed by atoms with Crippen LogP contribution < -0.4 is 9.47 Å². The molecule has 0 aliphatic rings. The number of ether oxygens (including phenoxy) is 2. The molecule has 14 heavy (non-hydrogen) atoms. The van der Waals surface area contributed by atoms with Gasteiger partial charge in [-0.3, -0.25) is 0 Å². The third-order valence-corrected chi connectivity index (χ3v) is 1.83. The Labute approximate surface area is 85.1 Å². The van der Waals surface area contributed by atoms with Crippen LogP contribution in [0.4, 0.5) is 0 Å². The van der Waals surface area contributed by atoms with Crippen LogP contribution in [0.1, 0.15) is 19.4 Å². The van der Waals surface area contributed by atoms with Crippen molar-refractivity contribution in [3.8, 4) is 11.6 Å². The highest BCUT2D eigenvalue weighted by Gasteiger charge is 2.08. The van der Waals surface area contributed by atoms with Gasteiger partial charge in [0, 0.05) is 6.20 Å². The van der Waals surface area contributed by atoms with Gasteiger partial charge in [-0.15, -0.1) is 0 Å². The fourth-order valence-electron chi connectivity index (χ4n) is 1.12. The average Bonchev–Trinajstić information content (AvgIpc) is 2.14. The Bertz CT molecular complexity index is 297. The quantitative estimate of drug-likeness (QED) is 0.739. The minimum atomic E-state index is 0.488. The van der Waals surface area contributed by atoms with E-state index in [1.807, 2.05) is 13.0 Å². The number of nitrogens with zero attached hydrogens (tertiary/aromatic N) is 1. The van der Waals surface area contributed by atoms with Crippen molar-refractivity contribution in [1.29, 1.82) is 0 Å². The van der Waals surface area contributed by atoms with Gasteiger partial charge in [0.15, 0.2) is 5.75 Å². The first-order valence-electron chi connectivity index (χ1n) is 4.77. The highest BCUT2D eigenvalue weighted by atomic mass is 16.5. The molecule has 0 bridgehead atoms. The molecule has 0 aliphatic heterocycles. The maximum absolute atomic E-state index is 5.53. The summed E-state index contributed by atoms with van der Waals surface area (Å²) in [6.45, 7) is 6.83. The number of methoxy groups -OCH3 is 1. The molecule has 0 aromatic carbocycles. The number of hydrogen-bond acceptors (Lipinski definition) is 3. The molecule has 0 saturated heterocycles. The van der Waals surface area contributed by atoms with E-state index in [1.54, 1.807) is 13.3 Å². The van der Waals surface area contributed by atoms with Crippen LogP contribution in [0.3, 0.4) is 0 Å². The van der Waals surface area contributed by atoms with Crippen molar-refractivity contribution in [2.75, 3.05) is 13.7 Å². The standard InChI is InChI=1S/C11H17NO2/c1-8(2)7-14-11-10(13-4)9(3)5-6-12-11/h5-6,8H,7H2,1-4H3. The van der Waals surface area contributed by atoms with Crippen molar-refractivity contribution in [3.05, 3.63) is 17.8 Å². The number of pyridine rings is 1. The lowest BCUT2D eigenvalue weighted by atomic mass is 10.2. The molecule has 0 amide bonds. The minimum absolute atomic E-state index is 0.488. The van der Waals surface area contributed by atoms with E-state index >= 15 is 0 Å². The number of aryl methyl sites for hydroxylation is 1. The third kappa shape index (κ3) is 2.62. The van der Waals surface area contributed by atoms with E-state index in [0.29, 0.717) is 18.4 Å². The first-order valence-corrected chi connectivity index (χ1v) is 4.77. The maximum Gasteiger partial charge on any atom is 0.257 e. The zero-order valence-corrected chi connectivity index (χ0v) is 9.20. The van der Waals surface area contributed by atoms with E-state index in [4.69, 9.17) is 9.47 Å². The van der Waals surface area contributed by atoms with Crippen molar-refractivity contribution >= 4 is 0 Å². The van der Waals surface area contributed by atoms with Gasteiger partial charge in [-0.1, -0.05) is 13.8 Å². The lowest BCUT2D eigenvalue weighted by molar-refractivity contribution is 0.246. The normalized spacial score (nSPS) is 10.4. The molecule has 0 saturated carbocycles. The van der Waals surface area contributed by atoms with Gasteiger partial charge in [0.1, 0.15) is 0 Å². The smallest absolute Gasteiger partial charge is 0.257 e. The zero-order valence-electron chi connectivity index (χ0n) is 9.20. The van der Waals surface area contributed by atoms with E-state index in [0.717, 1.165) is 11.3 Å². The van der Waals surface area contributed by atoms with Crippen LogP contribution in [-0.2, 0) is 0 Å². The monoisotopic (exact) mass is 195 g/mol. The molecule has 0 spiro atoms. The molecule has 0 aliphatic carbocycles. The first kappa shape index (κ1) is 10.8. The Morgan fingerprint density at radius 3 is 2.71 bits per heavy atom. The lowest BCUT2D eigenvalue weighted by Gasteiger charge is -2.12. The highest BCUT2D eigenvalue weighted by molar-refractivity contribution is 5.40. The molecule has 0 N–H and O–H groups in total. The second kappa shape index (κ2) is 4.84. The number of aromatic nitrogens is 1. The molecular weight excluding hydrogens is 178 g/mol. The largest absolute Gasteiger partial charge is 0.491 e. The van der Waals surface area contributed by atoms with Crippen molar-refractivity contribution in [2.45, 2.75) is 20.8 Å². The molecule has 0 radical (unpaired) electrons. The highest BCUT2D eigenvalue weighted by Crippen LogP contribution is 2.27. The molecule has 1 aromatic heterocycles. The lowest BCUT2D eigenvalue weighted by Crippen LogP contribution is -2.07. The second-order valence-corrected chi connectivity index (χ2v) is 3.67. The second-order valence-electron chi connectivity index (χ2n) is 3.67. The predicted octanol–water partition coefficient (Wildman–Crippen LogP) is 2.43. The van der Waals surface area contributed by atoms with E-state index in [1.165, 1.54) is 0 Å². The average molecular weight is 195 g/mol. The topological polar surface area (TPSA) is 31.4 Å². The summed E-state index contributed by atoms with van der Waals surface area (Å²) in [5.41, 5.74) is 1.04. The minimum Gasteiger partial charge on any atom is -0.491 e. The summed E-state index contributed by atoms with van der Waals surface area (Å²) in [5, 5.41) is 0. The van der Waals surface area contributed by atoms with Crippen LogP contribution >= 0.6 is 0 Å². The van der Waals surface area contributed by atoms with Crippen molar-refractivity contribution in [3.63, 3.8) is 0 Å². The Kier molecular flexibility index (Phi) is 3.74. The Morgan fingerprint density at radius 1 is 1.43 bits per heavy atom. The zero-order chi connectivity index (χ0) is 10.6. The summed E-state index contributed by atoms with van der Waals surface area (Å²) in [7, 11) is 1.63. The maximum atomic E-state index is 5.53. The van der Waals surface area contributed by atoms with Gasteiger partial charge < -0.3 is 9.47 Å². The summed E-state index contributed by atoms with van der Waals surface area (Å²) in [4.78, 5) is 4.14. The summed E-state index contributed by atoms with van der Waals surface area (Å²) < 4.78 is 10.8. The van der Waals surface area contributed by atoms with E-state index in [9.17, 15) is 0 Å². The van der Waals surface area contributed by atoms with Crippen LogP contribution in [-0.4, -0.2) is 18.7 Å². The first-order chi connectivity index (χ1) is 6.65. The molecule has 0 atom stereocenters. The summed E-state index contributed by atoms with van der Waals surface area (Å²) in [5.74, 6) is 1.80. The van der Waals surface area contributed by atoms with Gasteiger partial charge in [0.25, 0.3) is 5.88 Å². The van der Waals surface area contributed by atoms with Gasteiger partial charge in [-0.25, -0.2) is 4.98 Å². The summed E-state index contributed by atoms with van der Waals surface area (Å²) >= 11 is 0. The van der Waals surface area contributed by atoms with E-state index < -0.39 is 0 Å². The fraction of sp³-hybridized carbons (Fsp3) is 0.545. The molecule has 3 nitrogen and oxygen atoms in total. The number of rotatable bonds is 4. The molecule has 1 rings (SSSR count). The van der Waals surface area contributed by atoms with Gasteiger partial charge in [0.05, 0.1) is 13.7 Å². The van der Waals surface area contributed by atoms with Gasteiger partial charge >= 0.3 is 0 Å². The molecule has 0 fully saturated rings. The van der Waals surface area contributed by atoms with Gasteiger partial charge in [-0.05, 0) is 24.5 Å². The van der Waals surface area contributed by atoms with Crippen LogP contribution in [0.15, 0.2) is 12.3 Å². The van der Waals surface area contributed by atoms with Gasteiger partial charge in [0.2, 0.25) is 0 Å². The Hall–Kier alpha value is -1.25. The third-order valence-electron chi connectivity index (χ3n) is 1.83. The molecule has 0 unspecified atom stereocenters. The van der Waals surface area contributed by atoms with Crippen LogP contribution in [0, 0.1) is 12.8 Å². The van der Waals surface area contributed by atoms with Crippen LogP contribution in [0.2, 0.25) is 0 Å². The summed E-state index contributed by atoms with van der Waals surface area (Å²) in [6.07, 6.45) is 1.73. The molecule has 1 heterocycles. The SMILES string of the molecule is COc1c(C)ccnc1OCC(C)C. The Balaban J connectivity index is 2.80. The van der Waals surface area contributed by atoms with E-state index in [2.05, 4.69) is 18.8 Å². The predicted molar refractivity (Wildman–Crippen MR) is 55.9 cm³/mol. The van der Waals surface area contributed by atoms with Crippen molar-refractivity contribution in [1.82, 2.24) is 4.98 Å². The van der Waals surface area contributed by atoms with Crippen LogP contribution in [0.25, 0.3) is 0 Å². The molecular formula is C11H17NO2. The Morgan fingerprint density at radius 2 is 2.14 bits per heavy atom. The number of hydrogen-bond donors (Lipinski definition) is 0. The fourth-order valence-corrected chi connectivity index (χ4v) is 1.12. The van der Waals surface area contributed by atoms with Crippen molar-refractivity contribution in [2.24, 2.45) is 5.92 Å². The molecule has 3 heteroatoms. The van der Waals surface area contributed by atoms with E-state index in [-0.39, 0.29) is 0 Å². The summed E-state index contributed by atoms with van der Waals surface area (Å²) in [6, 6.07) is 1.90. The molecule has 1 aromatic rings. The van der Waals surface area contributed by atoms with Crippen molar-refractivity contribution < 1.29 is 9.47 Å².